The first-order chi connectivity index (χ1) is 14.7. The molecule has 30 heavy (non-hydrogen) atoms. The molecule has 0 N–H and O–H groups in total. The van der Waals surface area contributed by atoms with Gasteiger partial charge in [-0.2, -0.15) is 5.10 Å². The molecule has 6 heteroatoms. The fourth-order valence-electron chi connectivity index (χ4n) is 4.05. The molecule has 0 spiro atoms. The van der Waals surface area contributed by atoms with Crippen LogP contribution >= 0.6 is 0 Å². The Morgan fingerprint density at radius 1 is 0.967 bits per heavy atom. The molecule has 0 amide bonds. The third-order valence-corrected chi connectivity index (χ3v) is 5.58. The molecule has 5 rings (SSSR count). The van der Waals surface area contributed by atoms with Gasteiger partial charge in [0.1, 0.15) is 11.6 Å². The summed E-state index contributed by atoms with van der Waals surface area (Å²) in [7, 11) is 3.28. The highest BCUT2D eigenvalue weighted by atomic mass is 19.1. The van der Waals surface area contributed by atoms with Crippen LogP contribution in [-0.2, 0) is 0 Å². The summed E-state index contributed by atoms with van der Waals surface area (Å²) in [4.78, 5) is 0. The third-order valence-electron chi connectivity index (χ3n) is 5.58. The summed E-state index contributed by atoms with van der Waals surface area (Å²) < 4.78 is 30.7. The molecule has 3 aromatic carbocycles. The SMILES string of the molecule is COc1ccc(C2=NN3[C@@H](c4ccc(F)cc4)Oc4c(OC)cccc4[C@@H]3C2)cc1. The van der Waals surface area contributed by atoms with Gasteiger partial charge in [-0.15, -0.1) is 0 Å². The Balaban J connectivity index is 1.59. The second-order valence-corrected chi connectivity index (χ2v) is 7.28. The van der Waals surface area contributed by atoms with Crippen LogP contribution in [-0.4, -0.2) is 24.9 Å². The smallest absolute Gasteiger partial charge is 0.214 e. The molecular weight excluding hydrogens is 383 g/mol. The molecule has 0 saturated heterocycles. The number of hydrazone groups is 1. The van der Waals surface area contributed by atoms with Gasteiger partial charge in [-0.1, -0.05) is 24.3 Å². The second kappa shape index (κ2) is 7.37. The summed E-state index contributed by atoms with van der Waals surface area (Å²) in [5.41, 5.74) is 3.86. The van der Waals surface area contributed by atoms with Crippen molar-refractivity contribution in [2.45, 2.75) is 18.7 Å². The summed E-state index contributed by atoms with van der Waals surface area (Å²) >= 11 is 0. The predicted octanol–water partition coefficient (Wildman–Crippen LogP) is 5.09. The van der Waals surface area contributed by atoms with E-state index in [1.807, 2.05) is 47.5 Å². The van der Waals surface area contributed by atoms with Crippen molar-refractivity contribution in [2.75, 3.05) is 14.2 Å². The lowest BCUT2D eigenvalue weighted by molar-refractivity contribution is -0.0209. The maximum Gasteiger partial charge on any atom is 0.214 e. The first kappa shape index (κ1) is 18.5. The van der Waals surface area contributed by atoms with E-state index in [0.717, 1.165) is 34.6 Å². The van der Waals surface area contributed by atoms with Crippen molar-refractivity contribution in [3.05, 3.63) is 89.2 Å². The lowest BCUT2D eigenvalue weighted by Crippen LogP contribution is -2.33. The van der Waals surface area contributed by atoms with Crippen molar-refractivity contribution < 1.29 is 18.6 Å². The lowest BCUT2D eigenvalue weighted by Gasteiger charge is -2.38. The van der Waals surface area contributed by atoms with Crippen molar-refractivity contribution in [2.24, 2.45) is 5.10 Å². The number of ether oxygens (including phenoxy) is 3. The zero-order valence-corrected chi connectivity index (χ0v) is 16.7. The Morgan fingerprint density at radius 2 is 1.73 bits per heavy atom. The van der Waals surface area contributed by atoms with Gasteiger partial charge in [0.05, 0.1) is 26.0 Å². The minimum Gasteiger partial charge on any atom is -0.497 e. The van der Waals surface area contributed by atoms with E-state index in [9.17, 15) is 4.39 Å². The van der Waals surface area contributed by atoms with E-state index in [4.69, 9.17) is 19.3 Å². The first-order valence-electron chi connectivity index (χ1n) is 9.77. The average Bonchev–Trinajstić information content (AvgIpc) is 3.24. The summed E-state index contributed by atoms with van der Waals surface area (Å²) in [5.74, 6) is 1.91. The number of nitrogens with zero attached hydrogens (tertiary/aromatic N) is 2. The van der Waals surface area contributed by atoms with Gasteiger partial charge < -0.3 is 14.2 Å². The molecule has 0 fully saturated rings. The molecular formula is C24H21FN2O3. The molecule has 0 radical (unpaired) electrons. The van der Waals surface area contributed by atoms with Gasteiger partial charge in [0.25, 0.3) is 0 Å². The van der Waals surface area contributed by atoms with Gasteiger partial charge in [0, 0.05) is 17.5 Å². The molecule has 0 unspecified atom stereocenters. The zero-order valence-electron chi connectivity index (χ0n) is 16.7. The van der Waals surface area contributed by atoms with Crippen LogP contribution < -0.4 is 14.2 Å². The summed E-state index contributed by atoms with van der Waals surface area (Å²) in [6.07, 6.45) is 0.253. The number of benzene rings is 3. The molecule has 0 saturated carbocycles. The Kier molecular flexibility index (Phi) is 4.54. The van der Waals surface area contributed by atoms with E-state index >= 15 is 0 Å². The Morgan fingerprint density at radius 3 is 2.43 bits per heavy atom. The van der Waals surface area contributed by atoms with Crippen molar-refractivity contribution >= 4 is 5.71 Å². The van der Waals surface area contributed by atoms with Gasteiger partial charge in [-0.25, -0.2) is 9.40 Å². The molecule has 3 aromatic rings. The average molecular weight is 404 g/mol. The molecule has 0 bridgehead atoms. The van der Waals surface area contributed by atoms with Gasteiger partial charge in [0.2, 0.25) is 6.23 Å². The number of methoxy groups -OCH3 is 2. The van der Waals surface area contributed by atoms with E-state index in [2.05, 4.69) is 0 Å². The van der Waals surface area contributed by atoms with E-state index in [1.54, 1.807) is 26.4 Å². The number of fused-ring (bicyclic) bond motifs is 3. The number of hydrogen-bond donors (Lipinski definition) is 0. The molecule has 0 aliphatic carbocycles. The summed E-state index contributed by atoms with van der Waals surface area (Å²) in [5, 5.41) is 6.89. The fourth-order valence-corrected chi connectivity index (χ4v) is 4.05. The van der Waals surface area contributed by atoms with Crippen molar-refractivity contribution in [1.29, 1.82) is 0 Å². The highest BCUT2D eigenvalue weighted by Crippen LogP contribution is 2.50. The fraction of sp³-hybridized carbons (Fsp3) is 0.208. The van der Waals surface area contributed by atoms with Crippen LogP contribution in [0.4, 0.5) is 4.39 Å². The maximum atomic E-state index is 13.5. The van der Waals surface area contributed by atoms with Gasteiger partial charge >= 0.3 is 0 Å². The van der Waals surface area contributed by atoms with Crippen LogP contribution in [0, 0.1) is 5.82 Å². The van der Waals surface area contributed by atoms with Crippen LogP contribution in [0.3, 0.4) is 0 Å². The molecule has 2 aliphatic rings. The van der Waals surface area contributed by atoms with Crippen molar-refractivity contribution in [3.8, 4) is 17.2 Å². The molecule has 2 atom stereocenters. The zero-order chi connectivity index (χ0) is 20.7. The first-order valence-corrected chi connectivity index (χ1v) is 9.77. The normalized spacial score (nSPS) is 19.4. The van der Waals surface area contributed by atoms with E-state index < -0.39 is 6.23 Å². The minimum absolute atomic E-state index is 0.00370. The summed E-state index contributed by atoms with van der Waals surface area (Å²) in [6, 6.07) is 20.1. The molecule has 5 nitrogen and oxygen atoms in total. The van der Waals surface area contributed by atoms with E-state index in [-0.39, 0.29) is 11.9 Å². The molecule has 152 valence electrons. The van der Waals surface area contributed by atoms with Crippen LogP contribution in [0.5, 0.6) is 17.2 Å². The Labute approximate surface area is 174 Å². The van der Waals surface area contributed by atoms with Gasteiger partial charge in [-0.05, 0) is 48.0 Å². The topological polar surface area (TPSA) is 43.3 Å². The Bertz CT molecular complexity index is 1100. The number of para-hydroxylation sites is 1. The standard InChI is InChI=1S/C24H21FN2O3/c1-28-18-12-8-15(9-13-18)20-14-21-19-4-3-5-22(29-2)23(19)30-24(27(21)26-20)16-6-10-17(25)11-7-16/h3-13,21,24H,14H2,1-2H3/t21-,24+/m0/s1. The van der Waals surface area contributed by atoms with Crippen LogP contribution in [0.2, 0.25) is 0 Å². The van der Waals surface area contributed by atoms with Gasteiger partial charge in [-0.3, -0.25) is 0 Å². The van der Waals surface area contributed by atoms with Crippen LogP contribution in [0.1, 0.15) is 35.4 Å². The van der Waals surface area contributed by atoms with Gasteiger partial charge in [0.15, 0.2) is 11.5 Å². The van der Waals surface area contributed by atoms with E-state index in [1.165, 1.54) is 12.1 Å². The second-order valence-electron chi connectivity index (χ2n) is 7.28. The number of halogens is 1. The number of hydrogen-bond acceptors (Lipinski definition) is 5. The van der Waals surface area contributed by atoms with Crippen molar-refractivity contribution in [1.82, 2.24) is 5.01 Å². The lowest BCUT2D eigenvalue weighted by atomic mass is 9.95. The number of rotatable bonds is 4. The maximum absolute atomic E-state index is 13.5. The highest BCUT2D eigenvalue weighted by molar-refractivity contribution is 6.02. The monoisotopic (exact) mass is 404 g/mol. The minimum atomic E-state index is -0.477. The predicted molar refractivity (Wildman–Crippen MR) is 111 cm³/mol. The third kappa shape index (κ3) is 3.05. The van der Waals surface area contributed by atoms with Crippen LogP contribution in [0.25, 0.3) is 0 Å². The quantitative estimate of drug-likeness (QED) is 0.608. The molecule has 2 heterocycles. The molecule has 0 aromatic heterocycles. The molecule has 2 aliphatic heterocycles. The summed E-state index contributed by atoms with van der Waals surface area (Å²) in [6.45, 7) is 0. The Hall–Kier alpha value is -3.54. The van der Waals surface area contributed by atoms with Crippen LogP contribution in [0.15, 0.2) is 71.8 Å². The van der Waals surface area contributed by atoms with E-state index in [0.29, 0.717) is 11.5 Å². The highest BCUT2D eigenvalue weighted by Gasteiger charge is 2.42. The largest absolute Gasteiger partial charge is 0.497 e. The van der Waals surface area contributed by atoms with Crippen molar-refractivity contribution in [3.63, 3.8) is 0 Å².